The molecule has 0 unspecified atom stereocenters. The molecule has 0 saturated carbocycles. The first-order valence-corrected chi connectivity index (χ1v) is 6.07. The Morgan fingerprint density at radius 3 is 1.89 bits per heavy atom. The van der Waals surface area contributed by atoms with Crippen LogP contribution in [0, 0.1) is 5.41 Å². The minimum atomic E-state index is -5.16. The zero-order valence-electron chi connectivity index (χ0n) is 10.0. The summed E-state index contributed by atoms with van der Waals surface area (Å²) in [6, 6.07) is 0. The lowest BCUT2D eigenvalue weighted by Gasteiger charge is -2.22. The van der Waals surface area contributed by atoms with Crippen LogP contribution < -0.4 is 0 Å². The van der Waals surface area contributed by atoms with Crippen molar-refractivity contribution >= 4 is 16.7 Å². The van der Waals surface area contributed by atoms with Gasteiger partial charge in [0.15, 0.2) is 0 Å². The molecule has 9 heteroatoms. The quantitative estimate of drug-likeness (QED) is 0.477. The van der Waals surface area contributed by atoms with E-state index in [4.69, 9.17) is 0 Å². The Morgan fingerprint density at radius 1 is 1.11 bits per heavy atom. The second-order valence-corrected chi connectivity index (χ2v) is 5.71. The van der Waals surface area contributed by atoms with E-state index in [-0.39, 0.29) is 0 Å². The van der Waals surface area contributed by atoms with Gasteiger partial charge in [0.25, 0.3) is 0 Å². The van der Waals surface area contributed by atoms with Crippen molar-refractivity contribution in [2.75, 3.05) is 6.61 Å². The molecular formula is C9H14F4O4S. The van der Waals surface area contributed by atoms with Crippen molar-refractivity contribution in [3.63, 3.8) is 0 Å². The molecule has 18 heavy (non-hydrogen) atoms. The van der Waals surface area contributed by atoms with Gasteiger partial charge in [-0.3, -0.25) is 4.79 Å². The van der Waals surface area contributed by atoms with Crippen molar-refractivity contribution in [3.05, 3.63) is 0 Å². The monoisotopic (exact) mass is 294 g/mol. The number of thiol groups is 1. The number of carbonyl (C=O) groups is 1. The van der Waals surface area contributed by atoms with Crippen LogP contribution in [0.4, 0.5) is 17.6 Å². The summed E-state index contributed by atoms with van der Waals surface area (Å²) in [6.07, 6.45) is -1.56. The predicted octanol–water partition coefficient (Wildman–Crippen LogP) is 1.81. The van der Waals surface area contributed by atoms with E-state index in [2.05, 4.69) is 4.74 Å². The van der Waals surface area contributed by atoms with Crippen molar-refractivity contribution in [2.24, 2.45) is 5.41 Å². The van der Waals surface area contributed by atoms with Crippen molar-refractivity contribution in [3.8, 4) is 0 Å². The van der Waals surface area contributed by atoms with E-state index in [9.17, 15) is 30.8 Å². The van der Waals surface area contributed by atoms with Crippen LogP contribution in [0.1, 0.15) is 27.2 Å². The Bertz CT molecular complexity index is 377. The summed E-state index contributed by atoms with van der Waals surface area (Å²) in [6.45, 7) is 3.38. The molecule has 0 aromatic heterocycles. The highest BCUT2D eigenvalue weighted by Crippen LogP contribution is 2.37. The van der Waals surface area contributed by atoms with Gasteiger partial charge in [-0.25, -0.2) is 8.42 Å². The predicted molar refractivity (Wildman–Crippen MR) is 55.2 cm³/mol. The Labute approximate surface area is 103 Å². The summed E-state index contributed by atoms with van der Waals surface area (Å²) in [5.74, 6) is -5.62. The summed E-state index contributed by atoms with van der Waals surface area (Å²) in [4.78, 5) is 11.2. The smallest absolute Gasteiger partial charge is 0.404 e. The van der Waals surface area contributed by atoms with Gasteiger partial charge < -0.3 is 4.74 Å². The van der Waals surface area contributed by atoms with E-state index >= 15 is 0 Å². The molecule has 0 atom stereocenters. The number of carbonyl (C=O) groups excluding carboxylic acids is 1. The maximum absolute atomic E-state index is 12.9. The Balaban J connectivity index is 4.52. The Kier molecular flexibility index (Phi) is 5.16. The highest BCUT2D eigenvalue weighted by Gasteiger charge is 2.59. The van der Waals surface area contributed by atoms with Gasteiger partial charge in [-0.1, -0.05) is 0 Å². The summed E-state index contributed by atoms with van der Waals surface area (Å²) in [5.41, 5.74) is -0.957. The summed E-state index contributed by atoms with van der Waals surface area (Å²) in [7, 11) is -4.61. The molecular weight excluding hydrogens is 280 g/mol. The average Bonchev–Trinajstić information content (AvgIpc) is 2.15. The van der Waals surface area contributed by atoms with Crippen molar-refractivity contribution < 1.29 is 35.5 Å². The lowest BCUT2D eigenvalue weighted by Crippen LogP contribution is -2.42. The van der Waals surface area contributed by atoms with Crippen LogP contribution >= 0.6 is 0 Å². The highest BCUT2D eigenvalue weighted by atomic mass is 32.2. The highest BCUT2D eigenvalue weighted by molar-refractivity contribution is 7.73. The molecule has 108 valence electrons. The van der Waals surface area contributed by atoms with E-state index in [0.29, 0.717) is 0 Å². The lowest BCUT2D eigenvalue weighted by molar-refractivity contribution is -0.174. The van der Waals surface area contributed by atoms with Crippen LogP contribution in [-0.4, -0.2) is 32.2 Å². The number of hydrogen-bond acceptors (Lipinski definition) is 4. The van der Waals surface area contributed by atoms with Crippen LogP contribution in [0.15, 0.2) is 0 Å². The molecule has 0 heterocycles. The normalized spacial score (nSPS) is 13.8. The first-order valence-electron chi connectivity index (χ1n) is 4.90. The molecule has 0 fully saturated rings. The van der Waals surface area contributed by atoms with E-state index in [0.717, 1.165) is 0 Å². The van der Waals surface area contributed by atoms with Crippen LogP contribution in [-0.2, 0) is 20.2 Å². The Hall–Kier alpha value is -0.860. The number of esters is 1. The molecule has 0 saturated heterocycles. The van der Waals surface area contributed by atoms with E-state index in [1.165, 1.54) is 20.8 Å². The number of halogens is 4. The zero-order valence-corrected chi connectivity index (χ0v) is 10.9. The molecule has 0 N–H and O–H groups in total. The molecule has 0 aromatic carbocycles. The minimum Gasteiger partial charge on any atom is -0.465 e. The third-order valence-electron chi connectivity index (χ3n) is 1.93. The fraction of sp³-hybridized carbons (Fsp3) is 0.889. The van der Waals surface area contributed by atoms with Gasteiger partial charge in [-0.2, -0.15) is 17.6 Å². The molecule has 0 amide bonds. The van der Waals surface area contributed by atoms with Crippen molar-refractivity contribution in [1.82, 2.24) is 0 Å². The molecule has 0 aliphatic heterocycles. The maximum atomic E-state index is 12.9. The van der Waals surface area contributed by atoms with Gasteiger partial charge >= 0.3 is 17.1 Å². The average molecular weight is 294 g/mol. The second kappa shape index (κ2) is 5.41. The third kappa shape index (κ3) is 4.11. The molecule has 4 nitrogen and oxygen atoms in total. The van der Waals surface area contributed by atoms with Crippen molar-refractivity contribution in [1.29, 1.82) is 0 Å². The lowest BCUT2D eigenvalue weighted by atomic mass is 9.97. The van der Waals surface area contributed by atoms with Crippen LogP contribution in [0.25, 0.3) is 0 Å². The number of hydrogen-bond donors (Lipinski definition) is 1. The van der Waals surface area contributed by atoms with Gasteiger partial charge in [-0.05, 0) is 20.8 Å². The largest absolute Gasteiger partial charge is 0.465 e. The molecule has 0 aromatic rings. The van der Waals surface area contributed by atoms with E-state index in [1.54, 1.807) is 0 Å². The first kappa shape index (κ1) is 17.1. The van der Waals surface area contributed by atoms with Crippen LogP contribution in [0.2, 0.25) is 0 Å². The number of alkyl halides is 4. The fourth-order valence-electron chi connectivity index (χ4n) is 0.772. The standard InChI is InChI=1S/C9H14F4O4S/c1-7(2,3)6(14)17-5-4-8(10,11)9(12,13)18(15)16/h18H,4-5H2,1-3H3. The zero-order chi connectivity index (χ0) is 14.8. The topological polar surface area (TPSA) is 60.4 Å². The van der Waals surface area contributed by atoms with Gasteiger partial charge in [-0.15, -0.1) is 0 Å². The van der Waals surface area contributed by atoms with Gasteiger partial charge in [0, 0.05) is 0 Å². The first-order chi connectivity index (χ1) is 7.82. The van der Waals surface area contributed by atoms with Gasteiger partial charge in [0.05, 0.1) is 18.4 Å². The minimum absolute atomic E-state index is 0.840. The second-order valence-electron chi connectivity index (χ2n) is 4.64. The van der Waals surface area contributed by atoms with Gasteiger partial charge in [0.2, 0.25) is 10.7 Å². The number of ether oxygens (including phenoxy) is 1. The van der Waals surface area contributed by atoms with E-state index < -0.39 is 46.3 Å². The molecule has 0 aliphatic carbocycles. The summed E-state index contributed by atoms with van der Waals surface area (Å²) in [5, 5.41) is -5.16. The van der Waals surface area contributed by atoms with E-state index in [1.807, 2.05) is 0 Å². The number of rotatable bonds is 5. The van der Waals surface area contributed by atoms with Crippen LogP contribution in [0.5, 0.6) is 0 Å². The molecule has 0 rings (SSSR count). The molecule has 0 radical (unpaired) electrons. The third-order valence-corrected chi connectivity index (χ3v) is 2.72. The SMILES string of the molecule is CC(C)(C)C(=O)OCCC(F)(F)C(F)(F)[SH](=O)=O. The van der Waals surface area contributed by atoms with Gasteiger partial charge in [0.1, 0.15) is 0 Å². The van der Waals surface area contributed by atoms with Crippen LogP contribution in [0.3, 0.4) is 0 Å². The summed E-state index contributed by atoms with van der Waals surface area (Å²) >= 11 is 0. The summed E-state index contributed by atoms with van der Waals surface area (Å²) < 4.78 is 75.4. The molecule has 0 bridgehead atoms. The van der Waals surface area contributed by atoms with Crippen molar-refractivity contribution in [2.45, 2.75) is 38.4 Å². The fourth-order valence-corrected chi connectivity index (χ4v) is 1.15. The Morgan fingerprint density at radius 2 is 1.56 bits per heavy atom. The molecule has 0 spiro atoms. The maximum Gasteiger partial charge on any atom is 0.404 e. The molecule has 0 aliphatic rings.